The van der Waals surface area contributed by atoms with Crippen LogP contribution in [-0.4, -0.2) is 24.0 Å². The van der Waals surface area contributed by atoms with Crippen molar-refractivity contribution in [1.29, 1.82) is 0 Å². The first kappa shape index (κ1) is 13.6. The van der Waals surface area contributed by atoms with Crippen LogP contribution in [0.5, 0.6) is 5.75 Å². The third-order valence-corrected chi connectivity index (χ3v) is 2.30. The van der Waals surface area contributed by atoms with Gasteiger partial charge < -0.3 is 5.11 Å². The molecule has 0 radical (unpaired) electrons. The van der Waals surface area contributed by atoms with Crippen LogP contribution in [0.15, 0.2) is 18.2 Å². The number of hydrogen-bond donors (Lipinski definition) is 1. The zero-order valence-corrected chi connectivity index (χ0v) is 8.83. The van der Waals surface area contributed by atoms with E-state index in [9.17, 15) is 5.11 Å². The molecule has 0 fully saturated rings. The second kappa shape index (κ2) is 5.49. The van der Waals surface area contributed by atoms with E-state index < -0.39 is 0 Å². The second-order valence-corrected chi connectivity index (χ2v) is 4.17. The fourth-order valence-corrected chi connectivity index (χ4v) is 1.33. The number of aromatic hydroxyl groups is 1. The van der Waals surface area contributed by atoms with Crippen molar-refractivity contribution in [2.24, 2.45) is 0 Å². The van der Waals surface area contributed by atoms with Gasteiger partial charge in [0, 0.05) is 0 Å². The van der Waals surface area contributed by atoms with E-state index in [-0.39, 0.29) is 18.9 Å². The minimum absolute atomic E-state index is 0. The molecule has 14 heavy (non-hydrogen) atoms. The Morgan fingerprint density at radius 1 is 0.857 bits per heavy atom. The zero-order valence-electron chi connectivity index (χ0n) is 8.83. The van der Waals surface area contributed by atoms with Gasteiger partial charge in [0.05, 0.1) is 0 Å². The predicted molar refractivity (Wildman–Crippen MR) is 63.4 cm³/mol. The van der Waals surface area contributed by atoms with Crippen LogP contribution < -0.4 is 0 Å². The van der Waals surface area contributed by atoms with Crippen molar-refractivity contribution in [3.8, 4) is 5.75 Å². The molecule has 1 N–H and O–H groups in total. The number of hydrogen-bond acceptors (Lipinski definition) is 1. The Hall–Kier alpha value is -0.383. The minimum atomic E-state index is 0. The van der Waals surface area contributed by atoms with Crippen LogP contribution in [0.3, 0.4) is 0 Å². The van der Waals surface area contributed by atoms with E-state index in [1.165, 1.54) is 11.1 Å². The van der Waals surface area contributed by atoms with Crippen LogP contribution in [0.4, 0.5) is 0 Å². The van der Waals surface area contributed by atoms with Crippen LogP contribution in [-0.2, 0) is 0 Å². The molecule has 1 rings (SSSR count). The number of benzene rings is 1. The third kappa shape index (κ3) is 3.40. The summed E-state index contributed by atoms with van der Waals surface area (Å²) >= 11 is 0. The first-order chi connectivity index (χ1) is 6.00. The van der Waals surface area contributed by atoms with Gasteiger partial charge in [0.25, 0.3) is 0 Å². The molecule has 1 aromatic carbocycles. The van der Waals surface area contributed by atoms with Gasteiger partial charge in [0.15, 0.2) is 0 Å². The summed E-state index contributed by atoms with van der Waals surface area (Å²) in [7, 11) is 0. The standard InChI is InChI=1S/C12H18O.Li.H/c1-8(2)10-5-11(9(3)4)7-12(13)6-10;;/h5-9,13H,1-4H3;;. The van der Waals surface area contributed by atoms with Gasteiger partial charge in [-0.2, -0.15) is 0 Å². The summed E-state index contributed by atoms with van der Waals surface area (Å²) in [6.45, 7) is 8.55. The van der Waals surface area contributed by atoms with Gasteiger partial charge in [0.2, 0.25) is 0 Å². The summed E-state index contributed by atoms with van der Waals surface area (Å²) in [5.41, 5.74) is 2.42. The molecule has 0 aliphatic carbocycles. The molecule has 0 aromatic heterocycles. The van der Waals surface area contributed by atoms with E-state index in [1.807, 2.05) is 12.1 Å². The van der Waals surface area contributed by atoms with E-state index in [1.54, 1.807) is 0 Å². The van der Waals surface area contributed by atoms with Crippen LogP contribution in [0, 0.1) is 0 Å². The molecule has 0 amide bonds. The average molecular weight is 186 g/mol. The van der Waals surface area contributed by atoms with E-state index in [4.69, 9.17) is 0 Å². The summed E-state index contributed by atoms with van der Waals surface area (Å²) in [6, 6.07) is 5.86. The molecule has 0 unspecified atom stereocenters. The summed E-state index contributed by atoms with van der Waals surface area (Å²) < 4.78 is 0. The molecule has 0 bridgehead atoms. The van der Waals surface area contributed by atoms with Crippen molar-refractivity contribution in [3.05, 3.63) is 29.3 Å². The molecule has 74 valence electrons. The summed E-state index contributed by atoms with van der Waals surface area (Å²) in [4.78, 5) is 0. The van der Waals surface area contributed by atoms with Gasteiger partial charge in [-0.25, -0.2) is 0 Å². The molecule has 0 atom stereocenters. The Morgan fingerprint density at radius 3 is 1.50 bits per heavy atom. The van der Waals surface area contributed by atoms with Crippen molar-refractivity contribution in [2.45, 2.75) is 39.5 Å². The molecule has 0 aliphatic rings. The van der Waals surface area contributed by atoms with Gasteiger partial charge in [-0.1, -0.05) is 33.8 Å². The Bertz CT molecular complexity index is 266. The van der Waals surface area contributed by atoms with Crippen molar-refractivity contribution in [2.75, 3.05) is 0 Å². The van der Waals surface area contributed by atoms with Gasteiger partial charge in [0.1, 0.15) is 5.75 Å². The first-order valence-corrected chi connectivity index (χ1v) is 4.84. The Kier molecular flexibility index (Phi) is 5.34. The van der Waals surface area contributed by atoms with Gasteiger partial charge in [-0.05, 0) is 35.1 Å². The third-order valence-electron chi connectivity index (χ3n) is 2.30. The molecular weight excluding hydrogens is 167 g/mol. The number of phenolic OH excluding ortho intramolecular Hbond substituents is 1. The van der Waals surface area contributed by atoms with E-state index in [0.29, 0.717) is 17.6 Å². The topological polar surface area (TPSA) is 20.2 Å². The molecule has 2 heteroatoms. The molecular formula is C12H19LiO. The molecule has 1 nitrogen and oxygen atoms in total. The monoisotopic (exact) mass is 186 g/mol. The summed E-state index contributed by atoms with van der Waals surface area (Å²) in [6.07, 6.45) is 0. The van der Waals surface area contributed by atoms with Crippen LogP contribution in [0.2, 0.25) is 0 Å². The van der Waals surface area contributed by atoms with Crippen LogP contribution in [0.25, 0.3) is 0 Å². The fourth-order valence-electron chi connectivity index (χ4n) is 1.33. The van der Waals surface area contributed by atoms with Crippen molar-refractivity contribution < 1.29 is 5.11 Å². The average Bonchev–Trinajstić information content (AvgIpc) is 2.03. The summed E-state index contributed by atoms with van der Waals surface area (Å²) in [5.74, 6) is 1.34. The Balaban J connectivity index is 0.00000169. The first-order valence-electron chi connectivity index (χ1n) is 4.84. The quantitative estimate of drug-likeness (QED) is 0.704. The molecule has 0 aliphatic heterocycles. The summed E-state index contributed by atoms with van der Waals surface area (Å²) in [5, 5.41) is 9.49. The molecule has 0 heterocycles. The van der Waals surface area contributed by atoms with E-state index in [2.05, 4.69) is 33.8 Å². The maximum absolute atomic E-state index is 9.49. The Labute approximate surface area is 98.7 Å². The SMILES string of the molecule is CC(C)c1cc(O)cc(C(C)C)c1.[LiH]. The molecule has 1 aromatic rings. The van der Waals surface area contributed by atoms with Crippen molar-refractivity contribution in [3.63, 3.8) is 0 Å². The number of phenols is 1. The van der Waals surface area contributed by atoms with Crippen LogP contribution >= 0.6 is 0 Å². The van der Waals surface area contributed by atoms with Crippen molar-refractivity contribution >= 4 is 18.9 Å². The molecule has 0 saturated heterocycles. The number of rotatable bonds is 2. The van der Waals surface area contributed by atoms with E-state index >= 15 is 0 Å². The van der Waals surface area contributed by atoms with Gasteiger partial charge in [-0.3, -0.25) is 0 Å². The van der Waals surface area contributed by atoms with E-state index in [0.717, 1.165) is 0 Å². The second-order valence-electron chi connectivity index (χ2n) is 4.17. The molecule has 0 saturated carbocycles. The van der Waals surface area contributed by atoms with Gasteiger partial charge >= 0.3 is 18.9 Å². The Morgan fingerprint density at radius 2 is 1.21 bits per heavy atom. The normalized spacial score (nSPS) is 10.4. The predicted octanol–water partition coefficient (Wildman–Crippen LogP) is 2.99. The van der Waals surface area contributed by atoms with Crippen molar-refractivity contribution in [1.82, 2.24) is 0 Å². The molecule has 0 spiro atoms. The zero-order chi connectivity index (χ0) is 10.0. The van der Waals surface area contributed by atoms with Gasteiger partial charge in [-0.15, -0.1) is 0 Å². The maximum atomic E-state index is 9.49. The van der Waals surface area contributed by atoms with Crippen LogP contribution in [0.1, 0.15) is 50.7 Å². The fraction of sp³-hybridized carbons (Fsp3) is 0.500.